The Morgan fingerprint density at radius 3 is 2.50 bits per heavy atom. The highest BCUT2D eigenvalue weighted by atomic mass is 79.9. The molecule has 0 radical (unpaired) electrons. The Hall–Kier alpha value is -1.52. The van der Waals surface area contributed by atoms with E-state index in [1.165, 1.54) is 16.4 Å². The van der Waals surface area contributed by atoms with Gasteiger partial charge in [-0.2, -0.15) is 4.31 Å². The van der Waals surface area contributed by atoms with E-state index in [9.17, 15) is 17.9 Å². The average Bonchev–Trinajstić information content (AvgIpc) is 2.68. The fourth-order valence-electron chi connectivity index (χ4n) is 3.03. The van der Waals surface area contributed by atoms with Crippen molar-refractivity contribution in [3.63, 3.8) is 0 Å². The van der Waals surface area contributed by atoms with E-state index < -0.39 is 21.9 Å². The molecule has 1 saturated heterocycles. The van der Waals surface area contributed by atoms with Crippen LogP contribution in [-0.2, 0) is 10.0 Å². The van der Waals surface area contributed by atoms with Gasteiger partial charge < -0.3 is 9.84 Å². The van der Waals surface area contributed by atoms with Gasteiger partial charge in [0.1, 0.15) is 12.7 Å². The molecule has 1 aliphatic rings. The summed E-state index contributed by atoms with van der Waals surface area (Å²) in [5.41, 5.74) is 0. The lowest BCUT2D eigenvalue weighted by atomic mass is 10.3. The predicted octanol–water partition coefficient (Wildman–Crippen LogP) is 2.33. The number of piperazine rings is 1. The number of β-amino-alcohol motifs (C(OH)–C–C–N with tert-alkyl or cyclic N) is 1. The maximum absolute atomic E-state index is 13.5. The number of aliphatic hydroxyl groups is 1. The van der Waals surface area contributed by atoms with Gasteiger partial charge in [-0.25, -0.2) is 12.8 Å². The summed E-state index contributed by atoms with van der Waals surface area (Å²) < 4.78 is 46.5. The number of halogens is 2. The fourth-order valence-corrected chi connectivity index (χ4v) is 5.05. The molecule has 0 spiro atoms. The molecular formula is C19H22BrFN2O4S. The minimum atomic E-state index is -3.54. The van der Waals surface area contributed by atoms with Crippen molar-refractivity contribution in [2.75, 3.05) is 39.3 Å². The van der Waals surface area contributed by atoms with Crippen LogP contribution in [0.2, 0.25) is 0 Å². The molecule has 152 valence electrons. The van der Waals surface area contributed by atoms with Crippen molar-refractivity contribution in [1.29, 1.82) is 0 Å². The molecule has 1 heterocycles. The summed E-state index contributed by atoms with van der Waals surface area (Å²) in [4.78, 5) is 2.23. The molecule has 2 aromatic rings. The van der Waals surface area contributed by atoms with Crippen LogP contribution < -0.4 is 4.74 Å². The van der Waals surface area contributed by atoms with Gasteiger partial charge in [0.15, 0.2) is 11.6 Å². The summed E-state index contributed by atoms with van der Waals surface area (Å²) in [6.45, 7) is 2.00. The van der Waals surface area contributed by atoms with Crippen LogP contribution in [0.5, 0.6) is 5.75 Å². The number of hydrogen-bond acceptors (Lipinski definition) is 5. The molecule has 1 fully saturated rings. The van der Waals surface area contributed by atoms with Crippen LogP contribution in [-0.4, -0.2) is 68.2 Å². The maximum Gasteiger partial charge on any atom is 0.243 e. The third-order valence-corrected chi connectivity index (χ3v) is 6.89. The van der Waals surface area contributed by atoms with E-state index >= 15 is 0 Å². The molecule has 0 bridgehead atoms. The average molecular weight is 473 g/mol. The van der Waals surface area contributed by atoms with Crippen molar-refractivity contribution in [1.82, 2.24) is 9.21 Å². The highest BCUT2D eigenvalue weighted by molar-refractivity contribution is 9.10. The first kappa shape index (κ1) is 21.2. The van der Waals surface area contributed by atoms with Crippen LogP contribution in [0, 0.1) is 5.82 Å². The van der Waals surface area contributed by atoms with E-state index in [1.807, 2.05) is 4.90 Å². The molecule has 6 nitrogen and oxygen atoms in total. The SMILES string of the molecule is O=S(=O)(c1cccc(Br)c1)N1CCN(C[C@H](O)COc2ccccc2F)CC1. The van der Waals surface area contributed by atoms with Crippen molar-refractivity contribution in [2.45, 2.75) is 11.0 Å². The van der Waals surface area contributed by atoms with Gasteiger partial charge in [0, 0.05) is 37.2 Å². The number of nitrogens with zero attached hydrogens (tertiary/aromatic N) is 2. The Labute approximate surface area is 172 Å². The zero-order chi connectivity index (χ0) is 20.1. The normalized spacial score (nSPS) is 17.4. The lowest BCUT2D eigenvalue weighted by Gasteiger charge is -2.34. The predicted molar refractivity (Wildman–Crippen MR) is 107 cm³/mol. The van der Waals surface area contributed by atoms with Gasteiger partial charge in [-0.15, -0.1) is 0 Å². The summed E-state index contributed by atoms with van der Waals surface area (Å²) in [7, 11) is -3.54. The first-order chi connectivity index (χ1) is 13.4. The minimum Gasteiger partial charge on any atom is -0.488 e. The monoisotopic (exact) mass is 472 g/mol. The van der Waals surface area contributed by atoms with E-state index in [-0.39, 0.29) is 17.3 Å². The second-order valence-corrected chi connectivity index (χ2v) is 9.41. The van der Waals surface area contributed by atoms with Crippen molar-refractivity contribution in [3.05, 3.63) is 58.8 Å². The van der Waals surface area contributed by atoms with Crippen LogP contribution in [0.15, 0.2) is 57.9 Å². The molecule has 0 aromatic heterocycles. The van der Waals surface area contributed by atoms with E-state index in [4.69, 9.17) is 4.74 Å². The van der Waals surface area contributed by atoms with Gasteiger partial charge >= 0.3 is 0 Å². The van der Waals surface area contributed by atoms with Crippen LogP contribution in [0.4, 0.5) is 4.39 Å². The van der Waals surface area contributed by atoms with Gasteiger partial charge in [-0.05, 0) is 30.3 Å². The molecule has 0 aliphatic carbocycles. The van der Waals surface area contributed by atoms with Gasteiger partial charge in [0.05, 0.1) is 4.90 Å². The zero-order valence-corrected chi connectivity index (χ0v) is 17.6. The Bertz CT molecular complexity index is 904. The number of rotatable bonds is 7. The number of hydrogen-bond donors (Lipinski definition) is 1. The Morgan fingerprint density at radius 1 is 1.11 bits per heavy atom. The summed E-state index contributed by atoms with van der Waals surface area (Å²) in [5.74, 6) is -0.368. The Balaban J connectivity index is 1.49. The van der Waals surface area contributed by atoms with Crippen molar-refractivity contribution in [2.24, 2.45) is 0 Å². The number of benzene rings is 2. The molecule has 2 aromatic carbocycles. The van der Waals surface area contributed by atoms with Crippen LogP contribution in [0.3, 0.4) is 0 Å². The molecule has 0 amide bonds. The van der Waals surface area contributed by atoms with Crippen LogP contribution in [0.1, 0.15) is 0 Å². The molecular weight excluding hydrogens is 451 g/mol. The molecule has 1 aliphatic heterocycles. The molecule has 28 heavy (non-hydrogen) atoms. The van der Waals surface area contributed by atoms with Gasteiger partial charge in [0.2, 0.25) is 10.0 Å². The standard InChI is InChI=1S/C19H22BrFN2O4S/c20-15-4-3-5-17(12-15)28(25,26)23-10-8-22(9-11-23)13-16(24)14-27-19-7-2-1-6-18(19)21/h1-7,12,16,24H,8-11,13-14H2/t16-/m0/s1. The summed E-state index contributed by atoms with van der Waals surface area (Å²) in [5, 5.41) is 10.2. The van der Waals surface area contributed by atoms with E-state index in [2.05, 4.69) is 15.9 Å². The summed E-state index contributed by atoms with van der Waals surface area (Å²) in [6, 6.07) is 12.7. The van der Waals surface area contributed by atoms with Crippen LogP contribution >= 0.6 is 15.9 Å². The first-order valence-electron chi connectivity index (χ1n) is 8.90. The lowest BCUT2D eigenvalue weighted by molar-refractivity contribution is 0.0557. The molecule has 0 saturated carbocycles. The largest absolute Gasteiger partial charge is 0.488 e. The first-order valence-corrected chi connectivity index (χ1v) is 11.1. The van der Waals surface area contributed by atoms with Gasteiger partial charge in [-0.3, -0.25) is 4.90 Å². The smallest absolute Gasteiger partial charge is 0.243 e. The number of aliphatic hydroxyl groups excluding tert-OH is 1. The van der Waals surface area contributed by atoms with Gasteiger partial charge in [0.25, 0.3) is 0 Å². The van der Waals surface area contributed by atoms with Gasteiger partial charge in [-0.1, -0.05) is 34.1 Å². The highest BCUT2D eigenvalue weighted by Crippen LogP contribution is 2.21. The van der Waals surface area contributed by atoms with E-state index in [1.54, 1.807) is 36.4 Å². The fraction of sp³-hybridized carbons (Fsp3) is 0.368. The lowest BCUT2D eigenvalue weighted by Crippen LogP contribution is -2.50. The molecule has 1 N–H and O–H groups in total. The maximum atomic E-state index is 13.5. The molecule has 0 unspecified atom stereocenters. The van der Waals surface area contributed by atoms with E-state index in [0.717, 1.165) is 0 Å². The number of sulfonamides is 1. The van der Waals surface area contributed by atoms with Crippen molar-refractivity contribution in [3.8, 4) is 5.75 Å². The quantitative estimate of drug-likeness (QED) is 0.669. The van der Waals surface area contributed by atoms with E-state index in [0.29, 0.717) is 37.2 Å². The summed E-state index contributed by atoms with van der Waals surface area (Å²) in [6.07, 6.45) is -0.798. The van der Waals surface area contributed by atoms with Crippen LogP contribution in [0.25, 0.3) is 0 Å². The van der Waals surface area contributed by atoms with Crippen molar-refractivity contribution >= 4 is 26.0 Å². The second kappa shape index (κ2) is 9.32. The molecule has 9 heteroatoms. The number of para-hydroxylation sites is 1. The zero-order valence-electron chi connectivity index (χ0n) is 15.2. The third-order valence-electron chi connectivity index (χ3n) is 4.50. The molecule has 1 atom stereocenters. The third kappa shape index (κ3) is 5.30. The van der Waals surface area contributed by atoms with Crippen molar-refractivity contribution < 1.29 is 22.7 Å². The summed E-state index contributed by atoms with van der Waals surface area (Å²) >= 11 is 3.30. The second-order valence-electron chi connectivity index (χ2n) is 6.56. The molecule has 3 rings (SSSR count). The minimum absolute atomic E-state index is 0.0303. The topological polar surface area (TPSA) is 70.1 Å². The number of ether oxygens (including phenoxy) is 1. The Kier molecular flexibility index (Phi) is 7.05. The Morgan fingerprint density at radius 2 is 1.82 bits per heavy atom. The highest BCUT2D eigenvalue weighted by Gasteiger charge is 2.29.